The van der Waals surface area contributed by atoms with Crippen LogP contribution in [0.3, 0.4) is 0 Å². The number of anilines is 1. The van der Waals surface area contributed by atoms with E-state index in [9.17, 15) is 9.59 Å². The number of amides is 1. The Morgan fingerprint density at radius 1 is 0.939 bits per heavy atom. The van der Waals surface area contributed by atoms with Crippen molar-refractivity contribution >= 4 is 23.3 Å². The van der Waals surface area contributed by atoms with Crippen molar-refractivity contribution < 1.29 is 9.53 Å². The summed E-state index contributed by atoms with van der Waals surface area (Å²) in [6.07, 6.45) is 0.174. The second-order valence-electron chi connectivity index (χ2n) is 7.83. The first kappa shape index (κ1) is 21.0. The Bertz CT molecular complexity index is 1350. The molecule has 3 aromatic carbocycles. The molecule has 0 aliphatic carbocycles. The number of carbonyl (C=O) groups excluding carboxylic acids is 1. The lowest BCUT2D eigenvalue weighted by molar-refractivity contribution is -0.116. The first-order chi connectivity index (χ1) is 16.1. The molecule has 0 radical (unpaired) electrons. The first-order valence-electron chi connectivity index (χ1n) is 10.5. The minimum atomic E-state index is -0.389. The normalized spacial score (nSPS) is 14.9. The number of carbonyl (C=O) groups is 1. The molecule has 0 spiro atoms. The molecule has 33 heavy (non-hydrogen) atoms. The number of ether oxygens (including phenoxy) is 1. The zero-order chi connectivity index (χ0) is 22.8. The van der Waals surface area contributed by atoms with E-state index in [4.69, 9.17) is 16.3 Å². The fourth-order valence-corrected chi connectivity index (χ4v) is 4.06. The molecule has 5 rings (SSSR count). The summed E-state index contributed by atoms with van der Waals surface area (Å²) in [5.41, 5.74) is 2.84. The van der Waals surface area contributed by atoms with Crippen LogP contribution in [0, 0.1) is 0 Å². The van der Waals surface area contributed by atoms with E-state index in [-0.39, 0.29) is 23.8 Å². The molecule has 2 N–H and O–H groups in total. The Kier molecular flexibility index (Phi) is 5.67. The van der Waals surface area contributed by atoms with Gasteiger partial charge in [0.25, 0.3) is 5.56 Å². The number of hydrogen-bond acceptors (Lipinski definition) is 4. The molecule has 1 amide bonds. The molecule has 1 aliphatic heterocycles. The predicted octanol–water partition coefficient (Wildman–Crippen LogP) is 5.14. The molecule has 1 aliphatic rings. The number of hydrogen-bond donors (Lipinski definition) is 2. The maximum atomic E-state index is 13.0. The lowest BCUT2D eigenvalue weighted by Crippen LogP contribution is -2.31. The number of nitrogens with zero attached hydrogens (tertiary/aromatic N) is 1. The van der Waals surface area contributed by atoms with Gasteiger partial charge in [0.2, 0.25) is 5.91 Å². The van der Waals surface area contributed by atoms with E-state index in [1.807, 2.05) is 78.9 Å². The molecule has 1 atom stereocenters. The smallest absolute Gasteiger partial charge is 0.257 e. The highest BCUT2D eigenvalue weighted by Crippen LogP contribution is 2.35. The Morgan fingerprint density at radius 3 is 2.39 bits per heavy atom. The second kappa shape index (κ2) is 8.92. The van der Waals surface area contributed by atoms with Gasteiger partial charge < -0.3 is 15.0 Å². The van der Waals surface area contributed by atoms with E-state index in [2.05, 4.69) is 15.3 Å². The molecule has 0 fully saturated rings. The van der Waals surface area contributed by atoms with Gasteiger partial charge in [0, 0.05) is 22.9 Å². The zero-order valence-corrected chi connectivity index (χ0v) is 18.3. The maximum absolute atomic E-state index is 13.0. The maximum Gasteiger partial charge on any atom is 0.257 e. The van der Waals surface area contributed by atoms with E-state index < -0.39 is 0 Å². The van der Waals surface area contributed by atoms with Crippen LogP contribution in [-0.4, -0.2) is 15.9 Å². The quantitative estimate of drug-likeness (QED) is 0.434. The van der Waals surface area contributed by atoms with Crippen molar-refractivity contribution in [2.24, 2.45) is 0 Å². The van der Waals surface area contributed by atoms with Crippen LogP contribution < -0.4 is 15.6 Å². The van der Waals surface area contributed by atoms with Gasteiger partial charge in [-0.15, -0.1) is 0 Å². The van der Waals surface area contributed by atoms with Gasteiger partial charge in [-0.05, 0) is 35.4 Å². The molecule has 1 unspecified atom stereocenters. The largest absolute Gasteiger partial charge is 0.489 e. The molecule has 0 saturated carbocycles. The monoisotopic (exact) mass is 457 g/mol. The van der Waals surface area contributed by atoms with Crippen LogP contribution in [0.1, 0.15) is 29.0 Å². The Morgan fingerprint density at radius 2 is 1.67 bits per heavy atom. The molecule has 1 aromatic heterocycles. The molecule has 7 heteroatoms. The average Bonchev–Trinajstić information content (AvgIpc) is 2.84. The summed E-state index contributed by atoms with van der Waals surface area (Å²) in [4.78, 5) is 32.8. The lowest BCUT2D eigenvalue weighted by atomic mass is 9.87. The fraction of sp³-hybridized carbons (Fsp3) is 0.115. The number of nitrogens with one attached hydrogen (secondary N) is 2. The molecule has 6 nitrogen and oxygen atoms in total. The van der Waals surface area contributed by atoms with Gasteiger partial charge in [-0.25, -0.2) is 4.98 Å². The van der Waals surface area contributed by atoms with Crippen molar-refractivity contribution in [3.05, 3.63) is 111 Å². The van der Waals surface area contributed by atoms with Crippen LogP contribution in [0.25, 0.3) is 11.4 Å². The van der Waals surface area contributed by atoms with Gasteiger partial charge in [0.1, 0.15) is 24.0 Å². The minimum absolute atomic E-state index is 0.173. The zero-order valence-electron chi connectivity index (χ0n) is 17.5. The molecular formula is C26H20ClN3O3. The van der Waals surface area contributed by atoms with Crippen LogP contribution in [0.4, 0.5) is 5.82 Å². The summed E-state index contributed by atoms with van der Waals surface area (Å²) in [5, 5.41) is 3.44. The van der Waals surface area contributed by atoms with Crippen molar-refractivity contribution in [2.45, 2.75) is 18.9 Å². The summed E-state index contributed by atoms with van der Waals surface area (Å²) in [7, 11) is 0. The highest BCUT2D eigenvalue weighted by atomic mass is 35.5. The van der Waals surface area contributed by atoms with Crippen LogP contribution in [-0.2, 0) is 11.4 Å². The van der Waals surface area contributed by atoms with Crippen molar-refractivity contribution in [1.82, 2.24) is 9.97 Å². The number of halogens is 1. The van der Waals surface area contributed by atoms with Crippen LogP contribution in [0.2, 0.25) is 5.02 Å². The summed E-state index contributed by atoms with van der Waals surface area (Å²) >= 11 is 5.92. The highest BCUT2D eigenvalue weighted by molar-refractivity contribution is 6.30. The second-order valence-corrected chi connectivity index (χ2v) is 8.27. The molecular weight excluding hydrogens is 438 g/mol. The van der Waals surface area contributed by atoms with Crippen molar-refractivity contribution in [3.8, 4) is 17.1 Å². The van der Waals surface area contributed by atoms with E-state index in [0.29, 0.717) is 34.6 Å². The van der Waals surface area contributed by atoms with Gasteiger partial charge >= 0.3 is 0 Å². The van der Waals surface area contributed by atoms with Crippen LogP contribution in [0.15, 0.2) is 83.7 Å². The van der Waals surface area contributed by atoms with Crippen molar-refractivity contribution in [1.29, 1.82) is 0 Å². The third kappa shape index (κ3) is 4.52. The average molecular weight is 458 g/mol. The molecule has 4 aromatic rings. The topological polar surface area (TPSA) is 84.1 Å². The number of H-pyrrole nitrogens is 1. The first-order valence-corrected chi connectivity index (χ1v) is 10.9. The Hall–Kier alpha value is -3.90. The Balaban J connectivity index is 1.40. The summed E-state index contributed by atoms with van der Waals surface area (Å²) in [5.74, 6) is 0.863. The van der Waals surface area contributed by atoms with Gasteiger partial charge in [0.05, 0.1) is 5.56 Å². The number of rotatable bonds is 5. The lowest BCUT2D eigenvalue weighted by Gasteiger charge is -2.24. The van der Waals surface area contributed by atoms with Crippen molar-refractivity contribution in [3.63, 3.8) is 0 Å². The predicted molar refractivity (Wildman–Crippen MR) is 128 cm³/mol. The van der Waals surface area contributed by atoms with E-state index in [1.165, 1.54) is 0 Å². The van der Waals surface area contributed by atoms with Gasteiger partial charge in [0.15, 0.2) is 0 Å². The number of aromatic amines is 1. The van der Waals surface area contributed by atoms with Crippen LogP contribution >= 0.6 is 11.6 Å². The number of fused-ring (bicyclic) bond motifs is 1. The molecule has 2 heterocycles. The fourth-order valence-electron chi connectivity index (χ4n) is 3.93. The van der Waals surface area contributed by atoms with Gasteiger partial charge in [-0.2, -0.15) is 0 Å². The summed E-state index contributed by atoms with van der Waals surface area (Å²) in [6.45, 7) is 0.414. The summed E-state index contributed by atoms with van der Waals surface area (Å²) < 4.78 is 5.85. The van der Waals surface area contributed by atoms with Gasteiger partial charge in [-0.3, -0.25) is 9.59 Å². The Labute approximate surface area is 195 Å². The SMILES string of the molecule is O=C1CC(c2ccc(OCc3ccc(Cl)cc3)cc2)c2c(nc(-c3ccccc3)[nH]c2=O)N1. The van der Waals surface area contributed by atoms with E-state index >= 15 is 0 Å². The molecule has 164 valence electrons. The summed E-state index contributed by atoms with van der Waals surface area (Å²) in [6, 6.07) is 24.3. The molecule has 0 saturated heterocycles. The molecule has 0 bridgehead atoms. The third-order valence-corrected chi connectivity index (χ3v) is 5.85. The van der Waals surface area contributed by atoms with Crippen molar-refractivity contribution in [2.75, 3.05) is 5.32 Å². The highest BCUT2D eigenvalue weighted by Gasteiger charge is 2.31. The van der Waals surface area contributed by atoms with Gasteiger partial charge in [-0.1, -0.05) is 66.2 Å². The van der Waals surface area contributed by atoms with E-state index in [1.54, 1.807) is 0 Å². The third-order valence-electron chi connectivity index (χ3n) is 5.60. The number of aromatic nitrogens is 2. The standard InChI is InChI=1S/C26H20ClN3O3/c27-19-10-6-16(7-11-19)15-33-20-12-8-17(9-13-20)21-14-22(31)28-25-23(21)26(32)30-24(29-25)18-4-2-1-3-5-18/h1-13,21H,14-15H2,(H2,28,29,30,31,32). The van der Waals surface area contributed by atoms with E-state index in [0.717, 1.165) is 16.7 Å². The minimum Gasteiger partial charge on any atom is -0.489 e. The van der Waals surface area contributed by atoms with Crippen LogP contribution in [0.5, 0.6) is 5.75 Å². The number of benzene rings is 3.